The van der Waals surface area contributed by atoms with Crippen molar-refractivity contribution in [2.45, 2.75) is 23.8 Å². The smallest absolute Gasteiger partial charge is 0.374 e. The minimum Gasteiger partial charge on any atom is -0.457 e. The molecule has 2 N–H and O–H groups in total. The summed E-state index contributed by atoms with van der Waals surface area (Å²) in [5.74, 6) is -0.986. The van der Waals surface area contributed by atoms with E-state index in [1.165, 1.54) is 0 Å². The summed E-state index contributed by atoms with van der Waals surface area (Å²) in [6.45, 7) is 0.770. The second kappa shape index (κ2) is 5.61. The van der Waals surface area contributed by atoms with Gasteiger partial charge in [0.2, 0.25) is 15.8 Å². The quantitative estimate of drug-likeness (QED) is 0.809. The molecule has 1 aliphatic rings. The zero-order valence-corrected chi connectivity index (χ0v) is 12.2. The van der Waals surface area contributed by atoms with E-state index in [2.05, 4.69) is 15.9 Å². The zero-order chi connectivity index (χ0) is 14.0. The number of hydrogen-bond acceptors (Lipinski definition) is 6. The maximum absolute atomic E-state index is 11.7. The Morgan fingerprint density at radius 2 is 2.32 bits per heavy atom. The lowest BCUT2D eigenvalue weighted by atomic mass is 10.2. The standard InChI is InChI=1S/C10H12BrNO6S/c11-9-8(19(12,14)15)4-7(18-9)10(13)17-5-6-2-1-3-16-6/h4,6H,1-3,5H2,(H2,12,14,15). The third-order valence-electron chi connectivity index (χ3n) is 2.59. The van der Waals surface area contributed by atoms with Crippen molar-refractivity contribution in [2.75, 3.05) is 13.2 Å². The molecule has 2 rings (SSSR count). The first-order chi connectivity index (χ1) is 8.88. The topological polar surface area (TPSA) is 109 Å². The predicted molar refractivity (Wildman–Crippen MR) is 67.0 cm³/mol. The Hall–Kier alpha value is -0.900. The molecule has 0 aliphatic carbocycles. The van der Waals surface area contributed by atoms with Gasteiger partial charge in [0, 0.05) is 12.7 Å². The van der Waals surface area contributed by atoms with Crippen LogP contribution < -0.4 is 5.14 Å². The molecular formula is C10H12BrNO6S. The van der Waals surface area contributed by atoms with Crippen LogP contribution in [-0.4, -0.2) is 33.7 Å². The largest absolute Gasteiger partial charge is 0.457 e. The van der Waals surface area contributed by atoms with Gasteiger partial charge in [-0.05, 0) is 28.8 Å². The first-order valence-electron chi connectivity index (χ1n) is 5.49. The van der Waals surface area contributed by atoms with Crippen molar-refractivity contribution in [3.05, 3.63) is 16.5 Å². The number of carbonyl (C=O) groups is 1. The van der Waals surface area contributed by atoms with Gasteiger partial charge < -0.3 is 13.9 Å². The Kier molecular flexibility index (Phi) is 4.29. The third-order valence-corrected chi connectivity index (χ3v) is 4.36. The summed E-state index contributed by atoms with van der Waals surface area (Å²) in [5, 5.41) is 4.95. The highest BCUT2D eigenvalue weighted by molar-refractivity contribution is 9.10. The van der Waals surface area contributed by atoms with E-state index in [-0.39, 0.29) is 28.0 Å². The number of halogens is 1. The van der Waals surface area contributed by atoms with Crippen molar-refractivity contribution < 1.29 is 27.1 Å². The molecule has 0 aromatic carbocycles. The summed E-state index contributed by atoms with van der Waals surface area (Å²) < 4.78 is 37.4. The van der Waals surface area contributed by atoms with Crippen LogP contribution in [0, 0.1) is 0 Å². The first kappa shape index (κ1) is 14.5. The Morgan fingerprint density at radius 1 is 1.58 bits per heavy atom. The van der Waals surface area contributed by atoms with Gasteiger partial charge >= 0.3 is 5.97 Å². The van der Waals surface area contributed by atoms with Gasteiger partial charge in [0.1, 0.15) is 11.5 Å². The maximum atomic E-state index is 11.7. The molecule has 7 nitrogen and oxygen atoms in total. The van der Waals surface area contributed by atoms with Gasteiger partial charge in [-0.2, -0.15) is 0 Å². The lowest BCUT2D eigenvalue weighted by molar-refractivity contribution is 0.0135. The fourth-order valence-corrected chi connectivity index (χ4v) is 3.16. The molecule has 0 spiro atoms. The summed E-state index contributed by atoms with van der Waals surface area (Å²) in [6, 6.07) is 1.03. The molecule has 0 bridgehead atoms. The van der Waals surface area contributed by atoms with Gasteiger partial charge in [0.15, 0.2) is 4.67 Å². The number of hydrogen-bond donors (Lipinski definition) is 1. The summed E-state index contributed by atoms with van der Waals surface area (Å²) in [7, 11) is -3.95. The van der Waals surface area contributed by atoms with Crippen molar-refractivity contribution in [3.8, 4) is 0 Å². The summed E-state index contributed by atoms with van der Waals surface area (Å²) in [4.78, 5) is 11.4. The predicted octanol–water partition coefficient (Wildman–Crippen LogP) is 1.03. The van der Waals surface area contributed by atoms with E-state index in [9.17, 15) is 13.2 Å². The van der Waals surface area contributed by atoms with Crippen molar-refractivity contribution in [1.82, 2.24) is 0 Å². The van der Waals surface area contributed by atoms with E-state index < -0.39 is 16.0 Å². The lowest BCUT2D eigenvalue weighted by Gasteiger charge is -2.08. The van der Waals surface area contributed by atoms with Gasteiger partial charge in [-0.25, -0.2) is 18.4 Å². The van der Waals surface area contributed by atoms with E-state index in [0.29, 0.717) is 6.61 Å². The number of furan rings is 1. The fraction of sp³-hybridized carbons (Fsp3) is 0.500. The number of primary sulfonamides is 1. The molecule has 106 valence electrons. The molecule has 2 heterocycles. The first-order valence-corrected chi connectivity index (χ1v) is 7.82. The molecule has 9 heteroatoms. The van der Waals surface area contributed by atoms with E-state index in [4.69, 9.17) is 19.0 Å². The second-order valence-electron chi connectivity index (χ2n) is 4.03. The molecule has 1 unspecified atom stereocenters. The van der Waals surface area contributed by atoms with Gasteiger partial charge in [-0.3, -0.25) is 0 Å². The second-order valence-corrected chi connectivity index (χ2v) is 6.28. The molecule has 1 saturated heterocycles. The van der Waals surface area contributed by atoms with Gasteiger partial charge in [0.25, 0.3) is 0 Å². The average molecular weight is 354 g/mol. The zero-order valence-electron chi connectivity index (χ0n) is 9.80. The van der Waals surface area contributed by atoms with E-state index in [1.54, 1.807) is 0 Å². The average Bonchev–Trinajstić information content (AvgIpc) is 2.93. The van der Waals surface area contributed by atoms with Crippen LogP contribution >= 0.6 is 15.9 Å². The molecule has 0 amide bonds. The molecule has 1 aromatic heterocycles. The van der Waals surface area contributed by atoms with E-state index >= 15 is 0 Å². The number of nitrogens with two attached hydrogens (primary N) is 1. The molecule has 0 radical (unpaired) electrons. The summed E-state index contributed by atoms with van der Waals surface area (Å²) >= 11 is 2.88. The minimum absolute atomic E-state index is 0.111. The van der Waals surface area contributed by atoms with Crippen molar-refractivity contribution >= 4 is 31.9 Å². The van der Waals surface area contributed by atoms with Crippen molar-refractivity contribution in [1.29, 1.82) is 0 Å². The van der Waals surface area contributed by atoms with Gasteiger partial charge in [-0.1, -0.05) is 0 Å². The minimum atomic E-state index is -3.95. The van der Waals surface area contributed by atoms with Gasteiger partial charge in [0.05, 0.1) is 6.10 Å². The molecule has 19 heavy (non-hydrogen) atoms. The molecule has 1 aromatic rings. The molecule has 0 saturated carbocycles. The van der Waals surface area contributed by atoms with Crippen LogP contribution in [-0.2, 0) is 19.5 Å². The maximum Gasteiger partial charge on any atom is 0.374 e. The lowest BCUT2D eigenvalue weighted by Crippen LogP contribution is -2.17. The van der Waals surface area contributed by atoms with Crippen LogP contribution in [0.15, 0.2) is 20.0 Å². The highest BCUT2D eigenvalue weighted by Crippen LogP contribution is 2.25. The normalized spacial score (nSPS) is 19.6. The Labute approximate surface area is 118 Å². The van der Waals surface area contributed by atoms with Crippen LogP contribution in [0.2, 0.25) is 0 Å². The highest BCUT2D eigenvalue weighted by Gasteiger charge is 2.24. The van der Waals surface area contributed by atoms with Gasteiger partial charge in [-0.15, -0.1) is 0 Å². The van der Waals surface area contributed by atoms with E-state index in [1.807, 2.05) is 0 Å². The van der Waals surface area contributed by atoms with Crippen LogP contribution in [0.1, 0.15) is 23.4 Å². The van der Waals surface area contributed by atoms with E-state index in [0.717, 1.165) is 18.9 Å². The molecule has 1 atom stereocenters. The Bertz CT molecular complexity index is 575. The van der Waals surface area contributed by atoms with Crippen LogP contribution in [0.3, 0.4) is 0 Å². The van der Waals surface area contributed by atoms with Crippen molar-refractivity contribution in [3.63, 3.8) is 0 Å². The number of sulfonamides is 1. The molecular weight excluding hydrogens is 342 g/mol. The molecule has 1 aliphatic heterocycles. The highest BCUT2D eigenvalue weighted by atomic mass is 79.9. The fourth-order valence-electron chi connectivity index (χ4n) is 1.66. The Morgan fingerprint density at radius 3 is 2.84 bits per heavy atom. The number of rotatable bonds is 4. The van der Waals surface area contributed by atoms with Crippen LogP contribution in [0.25, 0.3) is 0 Å². The van der Waals surface area contributed by atoms with Crippen molar-refractivity contribution in [2.24, 2.45) is 5.14 Å². The summed E-state index contributed by atoms with van der Waals surface area (Å²) in [5.41, 5.74) is 0. The Balaban J connectivity index is 2.03. The van der Waals surface area contributed by atoms with Crippen LogP contribution in [0.4, 0.5) is 0 Å². The third kappa shape index (κ3) is 3.56. The van der Waals surface area contributed by atoms with Crippen LogP contribution in [0.5, 0.6) is 0 Å². The number of esters is 1. The number of carbonyl (C=O) groups excluding carboxylic acids is 1. The monoisotopic (exact) mass is 353 g/mol. The molecule has 1 fully saturated rings. The SMILES string of the molecule is NS(=O)(=O)c1cc(C(=O)OCC2CCCO2)oc1Br. The number of ether oxygens (including phenoxy) is 2. The summed E-state index contributed by atoms with van der Waals surface area (Å²) in [6.07, 6.45) is 1.65.